The Bertz CT molecular complexity index is 2120. The van der Waals surface area contributed by atoms with Crippen LogP contribution in [0.3, 0.4) is 0 Å². The number of fused-ring (bicyclic) bond motifs is 5. The molecule has 5 aliphatic heterocycles. The van der Waals surface area contributed by atoms with E-state index in [9.17, 15) is 24.9 Å². The number of hydrogen-bond donors (Lipinski definition) is 3. The fraction of sp³-hybridized carbons (Fsp3) is 0.931. The van der Waals surface area contributed by atoms with Gasteiger partial charge in [-0.05, 0) is 104 Å². The quantitative estimate of drug-likeness (QED) is 0.129. The minimum atomic E-state index is -1.81. The number of aliphatic hydroxyl groups is 3. The highest BCUT2D eigenvalue weighted by atomic mass is 16.8. The molecule has 0 spiro atoms. The van der Waals surface area contributed by atoms with E-state index in [0.717, 1.165) is 12.8 Å². The summed E-state index contributed by atoms with van der Waals surface area (Å²) in [5, 5.41) is 35.1. The first-order valence-corrected chi connectivity index (χ1v) is 29.1. The molecule has 0 radical (unpaired) electrons. The van der Waals surface area contributed by atoms with Crippen LogP contribution in [0.25, 0.3) is 0 Å². The Morgan fingerprint density at radius 2 is 0.949 bits per heavy atom. The fourth-order valence-electron chi connectivity index (χ4n) is 15.9. The Morgan fingerprint density at radius 1 is 0.544 bits per heavy atom. The third-order valence-electron chi connectivity index (χ3n) is 20.6. The lowest BCUT2D eigenvalue weighted by molar-refractivity contribution is -0.352. The average Bonchev–Trinajstić information content (AvgIpc) is 2.62. The lowest BCUT2D eigenvalue weighted by Crippen LogP contribution is -2.71. The molecule has 0 bridgehead atoms. The van der Waals surface area contributed by atoms with Crippen LogP contribution < -0.4 is 0 Å². The van der Waals surface area contributed by atoms with Gasteiger partial charge in [0.05, 0.1) is 78.2 Å². The number of aliphatic hydroxyl groups excluding tert-OH is 1. The van der Waals surface area contributed by atoms with E-state index in [4.69, 9.17) is 75.8 Å². The zero-order chi connectivity index (χ0) is 57.1. The molecule has 0 unspecified atom stereocenters. The molecule has 9 aliphatic rings. The predicted molar refractivity (Wildman–Crippen MR) is 279 cm³/mol. The first-order valence-electron chi connectivity index (χ1n) is 29.1. The van der Waals surface area contributed by atoms with Gasteiger partial charge in [-0.2, -0.15) is 0 Å². The zero-order valence-electron chi connectivity index (χ0n) is 49.1. The van der Waals surface area contributed by atoms with Gasteiger partial charge in [-0.1, -0.05) is 25.5 Å². The number of carbonyl (C=O) groups is 2. The molecule has 21 nitrogen and oxygen atoms in total. The van der Waals surface area contributed by atoms with Crippen molar-refractivity contribution < 1.29 is 101 Å². The number of Topliss-reactive ketones (excluding diaryl/α,β-unsaturated/α-hetero) is 1. The summed E-state index contributed by atoms with van der Waals surface area (Å²) in [6, 6.07) is 0. The van der Waals surface area contributed by atoms with E-state index in [2.05, 4.69) is 13.0 Å². The topological polar surface area (TPSA) is 243 Å². The van der Waals surface area contributed by atoms with E-state index in [0.29, 0.717) is 51.4 Å². The molecular formula is C58H94O21. The van der Waals surface area contributed by atoms with Gasteiger partial charge in [0.25, 0.3) is 0 Å². The van der Waals surface area contributed by atoms with Crippen LogP contribution in [-0.4, -0.2) is 209 Å². The van der Waals surface area contributed by atoms with Gasteiger partial charge in [0.1, 0.15) is 42.2 Å². The summed E-state index contributed by atoms with van der Waals surface area (Å²) in [4.78, 5) is 25.6. The highest BCUT2D eigenvalue weighted by molar-refractivity contribution is 5.87. The third kappa shape index (κ3) is 11.6. The van der Waals surface area contributed by atoms with Crippen LogP contribution in [0, 0.1) is 22.7 Å². The number of ether oxygens (including phenoxy) is 16. The molecule has 5 saturated heterocycles. The van der Waals surface area contributed by atoms with Crippen molar-refractivity contribution in [1.29, 1.82) is 0 Å². The molecule has 3 N–H and O–H groups in total. The zero-order valence-corrected chi connectivity index (χ0v) is 49.1. The maximum Gasteiger partial charge on any atom is 0.302 e. The summed E-state index contributed by atoms with van der Waals surface area (Å²) in [5.41, 5.74) is -3.63. The summed E-state index contributed by atoms with van der Waals surface area (Å²) < 4.78 is 101. The van der Waals surface area contributed by atoms with Crippen LogP contribution in [0.1, 0.15) is 139 Å². The molecular weight excluding hydrogens is 1030 g/mol. The van der Waals surface area contributed by atoms with Gasteiger partial charge < -0.3 is 91.1 Å². The monoisotopic (exact) mass is 1130 g/mol. The minimum absolute atomic E-state index is 0.0400. The van der Waals surface area contributed by atoms with Crippen LogP contribution in [0.5, 0.6) is 0 Å². The van der Waals surface area contributed by atoms with Gasteiger partial charge in [0, 0.05) is 74.6 Å². The maximum absolute atomic E-state index is 13.1. The van der Waals surface area contributed by atoms with Crippen molar-refractivity contribution in [3.63, 3.8) is 0 Å². The SMILES string of the molecule is CO[C@H]1C[C@H](O[C@H]2CC[C@@]3(C)C(=CC[C@@H]4[C@@H]3C[C@@H](OC(C)=O)[C@]3(C)[C@](O)(C(C)=O)CC[C@]43O)C2)O[C@H](C)[C@H]1O[C@H]1C[C@H](OC)[C@H](O[C@H]2C[C@@H](OC)[C@@H](O[C@H]3C[C@H](OC)[C@H](O[C@H]4C[C@@H](OC)[C@@H](O)[C@H](C)O4)[C@@H](C)O3)[C@H](C)O2)[C@@H](C)O1. The van der Waals surface area contributed by atoms with E-state index in [1.54, 1.807) is 49.4 Å². The molecule has 28 atom stereocenters. The van der Waals surface area contributed by atoms with Gasteiger partial charge in [-0.25, -0.2) is 0 Å². The molecule has 21 heteroatoms. The number of ketones is 1. The summed E-state index contributed by atoms with van der Waals surface area (Å²) in [7, 11) is 8.18. The van der Waals surface area contributed by atoms with Gasteiger partial charge in [-0.3, -0.25) is 9.59 Å². The molecule has 8 fully saturated rings. The van der Waals surface area contributed by atoms with Crippen molar-refractivity contribution in [1.82, 2.24) is 0 Å². The summed E-state index contributed by atoms with van der Waals surface area (Å²) >= 11 is 0. The number of carbonyl (C=O) groups excluding carboxylic acids is 2. The van der Waals surface area contributed by atoms with Crippen LogP contribution >= 0.6 is 0 Å². The first kappa shape index (κ1) is 61.7. The molecule has 0 aromatic heterocycles. The fourth-order valence-corrected chi connectivity index (χ4v) is 15.9. The van der Waals surface area contributed by atoms with E-state index < -0.39 is 145 Å². The Labute approximate surface area is 466 Å². The normalized spacial score (nSPS) is 51.1. The number of methoxy groups -OCH3 is 5. The maximum atomic E-state index is 13.1. The summed E-state index contributed by atoms with van der Waals surface area (Å²) in [6.07, 6.45) is -3.03. The molecule has 452 valence electrons. The molecule has 9 rings (SSSR count). The lowest BCUT2D eigenvalue weighted by atomic mass is 9.44. The van der Waals surface area contributed by atoms with Crippen molar-refractivity contribution in [2.24, 2.45) is 22.7 Å². The number of allylic oxidation sites excluding steroid dienone is 1. The molecule has 0 aromatic rings. The molecule has 4 aliphatic carbocycles. The largest absolute Gasteiger partial charge is 0.462 e. The second-order valence-electron chi connectivity index (χ2n) is 24.8. The van der Waals surface area contributed by atoms with Crippen molar-refractivity contribution in [3.8, 4) is 0 Å². The van der Waals surface area contributed by atoms with Crippen LogP contribution in [0.2, 0.25) is 0 Å². The summed E-state index contributed by atoms with van der Waals surface area (Å²) in [5.74, 6) is -1.18. The van der Waals surface area contributed by atoms with Gasteiger partial charge in [0.2, 0.25) is 0 Å². The standard InChI is InChI=1S/C58H94O21/c1-28-50(61)39(64-10)23-46(69-28)76-52-30(3)71-48(25-41(52)66-12)78-54-32(5)73-49(27-43(54)68-14)79-53-31(4)72-47(26-42(53)67-13)77-51-29(2)70-45(24-40(51)65-11)75-36-17-18-55(8)35(21-36)15-16-37-38(55)22-44(74-34(7)60)56(9)57(62,33(6)59)19-20-58(37,56)63/h15,28-32,36-54,61-63H,16-27H2,1-14H3/t28-,29+,30+,31+,32-,36-,37+,38-,39+,40-,41-,42-,43+,44+,45-,46-,47-,48-,49-,50-,51+,52+,53+,54-,55-,56+,57+,58-/m0/s1. The van der Waals surface area contributed by atoms with Gasteiger partial charge in [-0.15, -0.1) is 0 Å². The van der Waals surface area contributed by atoms with Crippen LogP contribution in [0.4, 0.5) is 0 Å². The molecule has 5 heterocycles. The number of hydrogen-bond acceptors (Lipinski definition) is 21. The third-order valence-corrected chi connectivity index (χ3v) is 20.6. The Balaban J connectivity index is 0.760. The number of esters is 1. The Morgan fingerprint density at radius 3 is 1.35 bits per heavy atom. The van der Waals surface area contributed by atoms with Crippen molar-refractivity contribution in [2.45, 2.75) is 286 Å². The Hall–Kier alpha value is -1.84. The molecule has 79 heavy (non-hydrogen) atoms. The average molecular weight is 1130 g/mol. The minimum Gasteiger partial charge on any atom is -0.462 e. The van der Waals surface area contributed by atoms with Crippen molar-refractivity contribution in [3.05, 3.63) is 11.6 Å². The smallest absolute Gasteiger partial charge is 0.302 e. The number of rotatable bonds is 17. The van der Waals surface area contributed by atoms with Crippen molar-refractivity contribution >= 4 is 11.8 Å². The first-order chi connectivity index (χ1) is 37.4. The van der Waals surface area contributed by atoms with E-state index in [1.807, 2.05) is 27.7 Å². The molecule has 0 aromatic carbocycles. The highest BCUT2D eigenvalue weighted by Gasteiger charge is 2.77. The van der Waals surface area contributed by atoms with E-state index in [-0.39, 0.29) is 48.4 Å². The van der Waals surface area contributed by atoms with Gasteiger partial charge in [0.15, 0.2) is 37.2 Å². The molecule has 0 amide bonds. The van der Waals surface area contributed by atoms with Crippen molar-refractivity contribution in [2.75, 3.05) is 35.5 Å². The molecule has 3 saturated carbocycles. The second kappa shape index (κ2) is 24.6. The van der Waals surface area contributed by atoms with Crippen LogP contribution in [-0.2, 0) is 85.4 Å². The highest BCUT2D eigenvalue weighted by Crippen LogP contribution is 2.69. The summed E-state index contributed by atoms with van der Waals surface area (Å²) in [6.45, 7) is 16.2. The second-order valence-corrected chi connectivity index (χ2v) is 24.8. The van der Waals surface area contributed by atoms with Crippen LogP contribution in [0.15, 0.2) is 11.6 Å². The van der Waals surface area contributed by atoms with E-state index in [1.165, 1.54) is 19.4 Å². The van der Waals surface area contributed by atoms with Gasteiger partial charge >= 0.3 is 5.97 Å². The lowest BCUT2D eigenvalue weighted by Gasteiger charge is -2.63. The predicted octanol–water partition coefficient (Wildman–Crippen LogP) is 4.96. The van der Waals surface area contributed by atoms with E-state index >= 15 is 0 Å². The Kier molecular flexibility index (Phi) is 19.2.